The molecule has 0 aliphatic heterocycles. The lowest BCUT2D eigenvalue weighted by Gasteiger charge is -2.20. The molecule has 0 aliphatic carbocycles. The van der Waals surface area contributed by atoms with Gasteiger partial charge in [-0.15, -0.1) is 0 Å². The Hall–Kier alpha value is -0.730. The molecule has 3 nitrogen and oxygen atoms in total. The Morgan fingerprint density at radius 1 is 1.60 bits per heavy atom. The van der Waals surface area contributed by atoms with Gasteiger partial charge in [-0.3, -0.25) is 0 Å². The van der Waals surface area contributed by atoms with E-state index < -0.39 is 6.16 Å². The second-order valence-electron chi connectivity index (χ2n) is 3.07. The number of rotatable bonds is 3. The summed E-state index contributed by atoms with van der Waals surface area (Å²) in [6.45, 7) is 6.22. The second kappa shape index (κ2) is 3.44. The van der Waals surface area contributed by atoms with Crippen molar-refractivity contribution in [3.05, 3.63) is 0 Å². The minimum Gasteiger partial charge on any atom is -0.450 e. The first-order valence-electron chi connectivity index (χ1n) is 3.33. The van der Waals surface area contributed by atoms with Crippen molar-refractivity contribution in [3.8, 4) is 0 Å². The maximum Gasteiger partial charge on any atom is 0.505 e. The van der Waals surface area contributed by atoms with Crippen LogP contribution in [0.5, 0.6) is 0 Å². The van der Waals surface area contributed by atoms with E-state index in [0.717, 1.165) is 6.42 Å². The maximum atomic E-state index is 9.94. The normalized spacial score (nSPS) is 11.1. The van der Waals surface area contributed by atoms with Crippen molar-refractivity contribution in [3.63, 3.8) is 0 Å². The molecule has 0 aromatic heterocycles. The maximum absolute atomic E-state index is 9.94. The molecular weight excluding hydrogens is 132 g/mol. The van der Waals surface area contributed by atoms with Crippen molar-refractivity contribution in [1.29, 1.82) is 0 Å². The van der Waals surface area contributed by atoms with Crippen LogP contribution < -0.4 is 0 Å². The van der Waals surface area contributed by atoms with Crippen LogP contribution in [-0.2, 0) is 4.74 Å². The molecule has 0 aliphatic rings. The second-order valence-corrected chi connectivity index (χ2v) is 3.07. The van der Waals surface area contributed by atoms with E-state index in [1.54, 1.807) is 0 Å². The molecule has 10 heavy (non-hydrogen) atoms. The summed E-state index contributed by atoms with van der Waals surface area (Å²) in [6.07, 6.45) is -0.276. The molecule has 0 radical (unpaired) electrons. The molecule has 0 fully saturated rings. The summed E-state index contributed by atoms with van der Waals surface area (Å²) < 4.78 is 4.41. The van der Waals surface area contributed by atoms with Gasteiger partial charge < -0.3 is 9.84 Å². The third kappa shape index (κ3) is 4.18. The highest BCUT2D eigenvalue weighted by atomic mass is 16.7. The van der Waals surface area contributed by atoms with Crippen LogP contribution in [0.3, 0.4) is 0 Å². The van der Waals surface area contributed by atoms with Gasteiger partial charge in [-0.1, -0.05) is 20.8 Å². The van der Waals surface area contributed by atoms with Crippen LogP contribution in [0.1, 0.15) is 27.2 Å². The van der Waals surface area contributed by atoms with E-state index >= 15 is 0 Å². The number of hydrogen-bond acceptors (Lipinski definition) is 2. The highest BCUT2D eigenvalue weighted by Gasteiger charge is 2.16. The number of carboxylic acid groups (broad SMARTS) is 1. The highest BCUT2D eigenvalue weighted by Crippen LogP contribution is 2.19. The van der Waals surface area contributed by atoms with Crippen molar-refractivity contribution in [2.45, 2.75) is 27.2 Å². The van der Waals surface area contributed by atoms with Gasteiger partial charge in [-0.05, 0) is 11.8 Å². The Labute approximate surface area is 61.0 Å². The Balaban J connectivity index is 3.56. The van der Waals surface area contributed by atoms with E-state index in [1.165, 1.54) is 0 Å². The lowest BCUT2D eigenvalue weighted by atomic mass is 9.92. The molecule has 0 bridgehead atoms. The SMILES string of the molecule is CCC(C)(C)COC(=O)O. The Morgan fingerprint density at radius 2 is 2.10 bits per heavy atom. The summed E-state index contributed by atoms with van der Waals surface area (Å²) in [5, 5.41) is 8.15. The molecule has 0 amide bonds. The first-order chi connectivity index (χ1) is 4.48. The Bertz CT molecular complexity index is 118. The first-order valence-corrected chi connectivity index (χ1v) is 3.33. The van der Waals surface area contributed by atoms with Crippen LogP contribution in [0, 0.1) is 5.41 Å². The van der Waals surface area contributed by atoms with E-state index in [-0.39, 0.29) is 12.0 Å². The van der Waals surface area contributed by atoms with Gasteiger partial charge >= 0.3 is 6.16 Å². The summed E-state index contributed by atoms with van der Waals surface area (Å²) in [6, 6.07) is 0. The smallest absolute Gasteiger partial charge is 0.450 e. The number of hydrogen-bond donors (Lipinski definition) is 1. The fourth-order valence-corrected chi connectivity index (χ4v) is 0.359. The van der Waals surface area contributed by atoms with Crippen LogP contribution in [0.2, 0.25) is 0 Å². The molecule has 60 valence electrons. The van der Waals surface area contributed by atoms with Crippen molar-refractivity contribution >= 4 is 6.16 Å². The summed E-state index contributed by atoms with van der Waals surface area (Å²) in [5.41, 5.74) is -0.0294. The lowest BCUT2D eigenvalue weighted by molar-refractivity contribution is 0.0558. The van der Waals surface area contributed by atoms with Crippen molar-refractivity contribution in [1.82, 2.24) is 0 Å². The predicted octanol–water partition coefficient (Wildman–Crippen LogP) is 2.12. The molecule has 0 atom stereocenters. The third-order valence-corrected chi connectivity index (χ3v) is 1.54. The fourth-order valence-electron chi connectivity index (χ4n) is 0.359. The van der Waals surface area contributed by atoms with E-state index in [4.69, 9.17) is 5.11 Å². The molecule has 0 heterocycles. The quantitative estimate of drug-likeness (QED) is 0.620. The standard InChI is InChI=1S/C7H14O3/c1-4-7(2,3)5-10-6(8)9/h4-5H2,1-3H3,(H,8,9). The van der Waals surface area contributed by atoms with Crippen LogP contribution in [0.25, 0.3) is 0 Å². The number of carbonyl (C=O) groups is 1. The van der Waals surface area contributed by atoms with E-state index in [2.05, 4.69) is 4.74 Å². The predicted molar refractivity (Wildman–Crippen MR) is 38.0 cm³/mol. The molecular formula is C7H14O3. The highest BCUT2D eigenvalue weighted by molar-refractivity contribution is 5.56. The molecule has 1 N–H and O–H groups in total. The molecule has 0 aromatic carbocycles. The third-order valence-electron chi connectivity index (χ3n) is 1.54. The van der Waals surface area contributed by atoms with Crippen LogP contribution in [0.15, 0.2) is 0 Å². The monoisotopic (exact) mass is 146 g/mol. The van der Waals surface area contributed by atoms with Crippen molar-refractivity contribution in [2.75, 3.05) is 6.61 Å². The van der Waals surface area contributed by atoms with Crippen LogP contribution in [0.4, 0.5) is 4.79 Å². The zero-order chi connectivity index (χ0) is 8.20. The minimum atomic E-state index is -1.19. The average molecular weight is 146 g/mol. The number of ether oxygens (including phenoxy) is 1. The first kappa shape index (κ1) is 9.27. The molecule has 0 spiro atoms. The summed E-state index contributed by atoms with van der Waals surface area (Å²) in [7, 11) is 0. The van der Waals surface area contributed by atoms with Gasteiger partial charge in [0.05, 0.1) is 6.61 Å². The zero-order valence-electron chi connectivity index (χ0n) is 6.68. The average Bonchev–Trinajstić information content (AvgIpc) is 1.85. The van der Waals surface area contributed by atoms with Gasteiger partial charge in [-0.2, -0.15) is 0 Å². The van der Waals surface area contributed by atoms with Gasteiger partial charge in [0.25, 0.3) is 0 Å². The largest absolute Gasteiger partial charge is 0.505 e. The van der Waals surface area contributed by atoms with Crippen molar-refractivity contribution in [2.24, 2.45) is 5.41 Å². The van der Waals surface area contributed by atoms with E-state index in [9.17, 15) is 4.79 Å². The molecule has 0 unspecified atom stereocenters. The molecule has 3 heteroatoms. The van der Waals surface area contributed by atoms with Crippen LogP contribution >= 0.6 is 0 Å². The van der Waals surface area contributed by atoms with Gasteiger partial charge in [0, 0.05) is 0 Å². The summed E-state index contributed by atoms with van der Waals surface area (Å²) in [5.74, 6) is 0. The van der Waals surface area contributed by atoms with Gasteiger partial charge in [0.15, 0.2) is 0 Å². The van der Waals surface area contributed by atoms with Gasteiger partial charge in [0.1, 0.15) is 0 Å². The molecule has 0 aromatic rings. The fraction of sp³-hybridized carbons (Fsp3) is 0.857. The van der Waals surface area contributed by atoms with Gasteiger partial charge in [-0.25, -0.2) is 4.79 Å². The topological polar surface area (TPSA) is 46.5 Å². The molecule has 0 saturated carbocycles. The van der Waals surface area contributed by atoms with E-state index in [1.807, 2.05) is 20.8 Å². The van der Waals surface area contributed by atoms with Crippen LogP contribution in [-0.4, -0.2) is 17.9 Å². The summed E-state index contributed by atoms with van der Waals surface area (Å²) in [4.78, 5) is 9.94. The lowest BCUT2D eigenvalue weighted by Crippen LogP contribution is -2.19. The Morgan fingerprint density at radius 3 is 2.40 bits per heavy atom. The van der Waals surface area contributed by atoms with Gasteiger partial charge in [0.2, 0.25) is 0 Å². The van der Waals surface area contributed by atoms with E-state index in [0.29, 0.717) is 0 Å². The Kier molecular flexibility index (Phi) is 3.19. The summed E-state index contributed by atoms with van der Waals surface area (Å²) >= 11 is 0. The zero-order valence-corrected chi connectivity index (χ0v) is 6.68. The molecule has 0 saturated heterocycles. The molecule has 0 rings (SSSR count). The van der Waals surface area contributed by atoms with Crippen molar-refractivity contribution < 1.29 is 14.6 Å². The minimum absolute atomic E-state index is 0.0294.